The van der Waals surface area contributed by atoms with Crippen molar-refractivity contribution in [2.45, 2.75) is 32.7 Å². The minimum Gasteiger partial charge on any atom is -0.478 e. The van der Waals surface area contributed by atoms with Gasteiger partial charge in [-0.25, -0.2) is 4.79 Å². The Morgan fingerprint density at radius 1 is 1.14 bits per heavy atom. The average Bonchev–Trinajstić information content (AvgIpc) is 2.50. The van der Waals surface area contributed by atoms with Crippen molar-refractivity contribution in [1.29, 1.82) is 0 Å². The van der Waals surface area contributed by atoms with E-state index < -0.39 is 5.97 Å². The molecule has 2 amide bonds. The van der Waals surface area contributed by atoms with Gasteiger partial charge >= 0.3 is 5.97 Å². The van der Waals surface area contributed by atoms with Crippen LogP contribution in [0.1, 0.15) is 42.1 Å². The maximum Gasteiger partial charge on any atom is 0.335 e. The summed E-state index contributed by atoms with van der Waals surface area (Å²) in [5, 5.41) is 11.6. The molecule has 0 heterocycles. The van der Waals surface area contributed by atoms with E-state index in [4.69, 9.17) is 5.11 Å². The molecule has 2 N–H and O–H groups in total. The number of nitrogens with one attached hydrogen (secondary N) is 1. The first kappa shape index (κ1) is 17.7. The van der Waals surface area contributed by atoms with Gasteiger partial charge in [0.1, 0.15) is 0 Å². The van der Waals surface area contributed by atoms with Gasteiger partial charge in [-0.3, -0.25) is 9.59 Å². The van der Waals surface area contributed by atoms with Crippen molar-refractivity contribution < 1.29 is 19.5 Å². The summed E-state index contributed by atoms with van der Waals surface area (Å²) < 4.78 is 0. The van der Waals surface area contributed by atoms with E-state index in [1.54, 1.807) is 19.2 Å². The zero-order valence-corrected chi connectivity index (χ0v) is 13.0. The molecule has 0 saturated carbocycles. The van der Waals surface area contributed by atoms with Crippen LogP contribution in [0, 0.1) is 0 Å². The largest absolute Gasteiger partial charge is 0.478 e. The molecule has 0 aliphatic rings. The number of amides is 2. The predicted molar refractivity (Wildman–Crippen MR) is 82.4 cm³/mol. The number of hydrogen-bond acceptors (Lipinski definition) is 3. The van der Waals surface area contributed by atoms with Crippen LogP contribution in [-0.2, 0) is 16.1 Å². The monoisotopic (exact) mass is 306 g/mol. The van der Waals surface area contributed by atoms with E-state index in [1.165, 1.54) is 17.0 Å². The molecular formula is C16H22N2O4. The number of aromatic carboxylic acids is 1. The molecule has 1 aromatic rings. The van der Waals surface area contributed by atoms with Crippen molar-refractivity contribution in [1.82, 2.24) is 10.2 Å². The van der Waals surface area contributed by atoms with E-state index >= 15 is 0 Å². The highest BCUT2D eigenvalue weighted by Gasteiger charge is 2.12. The third kappa shape index (κ3) is 5.95. The third-order valence-electron chi connectivity index (χ3n) is 3.18. The molecule has 0 fully saturated rings. The lowest BCUT2D eigenvalue weighted by Crippen LogP contribution is -2.29. The second-order valence-corrected chi connectivity index (χ2v) is 5.10. The highest BCUT2D eigenvalue weighted by Crippen LogP contribution is 2.08. The SMILES string of the molecule is CCCNC(=O)CCC(=O)N(C)Cc1ccc(C(=O)O)cc1. The third-order valence-corrected chi connectivity index (χ3v) is 3.18. The molecule has 0 aliphatic carbocycles. The summed E-state index contributed by atoms with van der Waals surface area (Å²) in [5.41, 5.74) is 1.06. The molecule has 0 aliphatic heterocycles. The van der Waals surface area contributed by atoms with Gasteiger partial charge in [0.15, 0.2) is 0 Å². The van der Waals surface area contributed by atoms with E-state index in [-0.39, 0.29) is 30.2 Å². The van der Waals surface area contributed by atoms with Crippen LogP contribution >= 0.6 is 0 Å². The summed E-state index contributed by atoms with van der Waals surface area (Å²) in [4.78, 5) is 35.7. The fraction of sp³-hybridized carbons (Fsp3) is 0.438. The molecule has 0 unspecified atom stereocenters. The van der Waals surface area contributed by atoms with Gasteiger partial charge in [-0.05, 0) is 24.1 Å². The minimum atomic E-state index is -0.978. The van der Waals surface area contributed by atoms with Gasteiger partial charge in [-0.15, -0.1) is 0 Å². The van der Waals surface area contributed by atoms with Gasteiger partial charge < -0.3 is 15.3 Å². The summed E-state index contributed by atoms with van der Waals surface area (Å²) in [6.07, 6.45) is 1.21. The Morgan fingerprint density at radius 2 is 1.77 bits per heavy atom. The number of hydrogen-bond donors (Lipinski definition) is 2. The van der Waals surface area contributed by atoms with Crippen LogP contribution in [0.15, 0.2) is 24.3 Å². The van der Waals surface area contributed by atoms with Crippen molar-refractivity contribution in [2.75, 3.05) is 13.6 Å². The minimum absolute atomic E-state index is 0.116. The van der Waals surface area contributed by atoms with Gasteiger partial charge in [0.25, 0.3) is 0 Å². The summed E-state index contributed by atoms with van der Waals surface area (Å²) in [5.74, 6) is -1.21. The second kappa shape index (κ2) is 8.81. The lowest BCUT2D eigenvalue weighted by atomic mass is 10.1. The number of rotatable bonds is 8. The van der Waals surface area contributed by atoms with E-state index in [2.05, 4.69) is 5.32 Å². The van der Waals surface area contributed by atoms with Crippen molar-refractivity contribution in [3.8, 4) is 0 Å². The maximum absolute atomic E-state index is 12.0. The maximum atomic E-state index is 12.0. The molecule has 1 rings (SSSR count). The van der Waals surface area contributed by atoms with Crippen molar-refractivity contribution in [3.63, 3.8) is 0 Å². The molecule has 0 radical (unpaired) electrons. The molecule has 0 saturated heterocycles. The number of carbonyl (C=O) groups excluding carboxylic acids is 2. The summed E-state index contributed by atoms with van der Waals surface area (Å²) in [6.45, 7) is 2.98. The van der Waals surface area contributed by atoms with E-state index in [0.717, 1.165) is 12.0 Å². The highest BCUT2D eigenvalue weighted by atomic mass is 16.4. The molecule has 0 aromatic heterocycles. The van der Waals surface area contributed by atoms with E-state index in [9.17, 15) is 14.4 Å². The highest BCUT2D eigenvalue weighted by molar-refractivity contribution is 5.87. The molecule has 0 spiro atoms. The predicted octanol–water partition coefficient (Wildman–Crippen LogP) is 1.65. The van der Waals surface area contributed by atoms with Gasteiger partial charge in [0.2, 0.25) is 11.8 Å². The van der Waals surface area contributed by atoms with E-state index in [0.29, 0.717) is 13.1 Å². The Hall–Kier alpha value is -2.37. The van der Waals surface area contributed by atoms with Crippen molar-refractivity contribution >= 4 is 17.8 Å². The molecule has 6 nitrogen and oxygen atoms in total. The van der Waals surface area contributed by atoms with Crippen LogP contribution in [0.25, 0.3) is 0 Å². The summed E-state index contributed by atoms with van der Waals surface area (Å²) >= 11 is 0. The summed E-state index contributed by atoms with van der Waals surface area (Å²) in [7, 11) is 1.66. The molecule has 0 atom stereocenters. The quantitative estimate of drug-likeness (QED) is 0.764. The van der Waals surface area contributed by atoms with Gasteiger partial charge in [0, 0.05) is 33.0 Å². The molecule has 1 aromatic carbocycles. The molecule has 22 heavy (non-hydrogen) atoms. The average molecular weight is 306 g/mol. The Labute approximate surface area is 130 Å². The first-order valence-electron chi connectivity index (χ1n) is 7.27. The molecular weight excluding hydrogens is 284 g/mol. The second-order valence-electron chi connectivity index (χ2n) is 5.10. The van der Waals surface area contributed by atoms with Crippen molar-refractivity contribution in [3.05, 3.63) is 35.4 Å². The lowest BCUT2D eigenvalue weighted by molar-refractivity contribution is -0.133. The van der Waals surface area contributed by atoms with Crippen LogP contribution in [0.2, 0.25) is 0 Å². The number of benzene rings is 1. The van der Waals surface area contributed by atoms with Crippen LogP contribution < -0.4 is 5.32 Å². The van der Waals surface area contributed by atoms with Gasteiger partial charge in [-0.1, -0.05) is 19.1 Å². The number of nitrogens with zero attached hydrogens (tertiary/aromatic N) is 1. The van der Waals surface area contributed by atoms with Crippen LogP contribution in [-0.4, -0.2) is 41.4 Å². The standard InChI is InChI=1S/C16H22N2O4/c1-3-10-17-14(19)8-9-15(20)18(2)11-12-4-6-13(7-5-12)16(21)22/h4-7H,3,8-11H2,1-2H3,(H,17,19)(H,21,22). The number of carboxylic acid groups (broad SMARTS) is 1. The zero-order valence-electron chi connectivity index (χ0n) is 13.0. The Morgan fingerprint density at radius 3 is 2.32 bits per heavy atom. The first-order valence-corrected chi connectivity index (χ1v) is 7.27. The van der Waals surface area contributed by atoms with E-state index in [1.807, 2.05) is 6.92 Å². The Bertz CT molecular complexity index is 525. The number of carbonyl (C=O) groups is 3. The Balaban J connectivity index is 2.43. The van der Waals surface area contributed by atoms with Crippen LogP contribution in [0.4, 0.5) is 0 Å². The van der Waals surface area contributed by atoms with Gasteiger partial charge in [-0.2, -0.15) is 0 Å². The molecule has 6 heteroatoms. The smallest absolute Gasteiger partial charge is 0.335 e. The topological polar surface area (TPSA) is 86.7 Å². The van der Waals surface area contributed by atoms with Gasteiger partial charge in [0.05, 0.1) is 5.56 Å². The lowest BCUT2D eigenvalue weighted by Gasteiger charge is -2.17. The van der Waals surface area contributed by atoms with Crippen LogP contribution in [0.3, 0.4) is 0 Å². The molecule has 120 valence electrons. The summed E-state index contributed by atoms with van der Waals surface area (Å²) in [6, 6.07) is 6.38. The first-order chi connectivity index (χ1) is 10.4. The zero-order chi connectivity index (χ0) is 16.5. The van der Waals surface area contributed by atoms with Crippen LogP contribution in [0.5, 0.6) is 0 Å². The Kier molecular flexibility index (Phi) is 7.08. The fourth-order valence-electron chi connectivity index (χ4n) is 1.88. The van der Waals surface area contributed by atoms with Crippen molar-refractivity contribution in [2.24, 2.45) is 0 Å². The number of carboxylic acids is 1. The fourth-order valence-corrected chi connectivity index (χ4v) is 1.88. The molecule has 0 bridgehead atoms. The normalized spacial score (nSPS) is 10.1.